The summed E-state index contributed by atoms with van der Waals surface area (Å²) in [5, 5.41) is 54.0. The predicted molar refractivity (Wildman–Crippen MR) is 448 cm³/mol. The van der Waals surface area contributed by atoms with E-state index in [1.807, 2.05) is 218 Å². The molecule has 5 unspecified atom stereocenters. The number of carboxylic acid groups (broad SMARTS) is 1. The highest BCUT2D eigenvalue weighted by Gasteiger charge is 2.56. The molecule has 19 atom stereocenters. The van der Waals surface area contributed by atoms with Crippen LogP contribution in [-0.4, -0.2) is 235 Å². The Morgan fingerprint density at radius 3 is 1.42 bits per heavy atom. The van der Waals surface area contributed by atoms with Gasteiger partial charge in [-0.15, -0.1) is 0 Å². The fraction of sp³-hybridized carbons (Fsp3) is 0.424. The maximum Gasteiger partial charge on any atom is 0.400 e. The lowest BCUT2D eigenvalue weighted by Gasteiger charge is -2.37. The molecule has 0 spiro atoms. The number of ether oxygens (including phenoxy) is 10. The van der Waals surface area contributed by atoms with Crippen LogP contribution in [0, 0.1) is 0 Å². The van der Waals surface area contributed by atoms with Gasteiger partial charge >= 0.3 is 31.2 Å². The molecule has 29 nitrogen and oxygen atoms in total. The van der Waals surface area contributed by atoms with Crippen molar-refractivity contribution >= 4 is 70.7 Å². The van der Waals surface area contributed by atoms with E-state index in [4.69, 9.17) is 80.4 Å². The second kappa shape index (κ2) is 49.1. The molecular formula is C85H104O29S6+2. The molecule has 35 heteroatoms. The first-order valence-corrected chi connectivity index (χ1v) is 47.0. The van der Waals surface area contributed by atoms with Crippen molar-refractivity contribution in [1.82, 2.24) is 0 Å². The van der Waals surface area contributed by atoms with Crippen LogP contribution in [0.2, 0.25) is 0 Å². The summed E-state index contributed by atoms with van der Waals surface area (Å²) in [5.74, 6) is 1.24. The van der Waals surface area contributed by atoms with Crippen molar-refractivity contribution in [2.24, 2.45) is 0 Å². The van der Waals surface area contributed by atoms with Gasteiger partial charge in [0.05, 0.1) is 103 Å². The van der Waals surface area contributed by atoms with Crippen LogP contribution in [0.5, 0.6) is 0 Å². The molecule has 652 valence electrons. The Hall–Kier alpha value is -6.71. The van der Waals surface area contributed by atoms with Crippen molar-refractivity contribution in [3.05, 3.63) is 287 Å². The Bertz CT molecular complexity index is 4580. The van der Waals surface area contributed by atoms with Crippen LogP contribution in [0.25, 0.3) is 0 Å². The number of fused-ring (bicyclic) bond motifs is 1. The molecule has 8 aromatic carbocycles. The van der Waals surface area contributed by atoms with Gasteiger partial charge in [0.15, 0.2) is 23.1 Å². The van der Waals surface area contributed by atoms with E-state index in [2.05, 4.69) is 44.8 Å². The molecular weight excluding hydrogens is 1680 g/mol. The highest BCUT2D eigenvalue weighted by molar-refractivity contribution is 8.00. The fourth-order valence-corrected chi connectivity index (χ4v) is 22.3. The third kappa shape index (κ3) is 32.1. The molecule has 6 saturated heterocycles. The van der Waals surface area contributed by atoms with Crippen LogP contribution < -0.4 is 0 Å². The zero-order valence-electron chi connectivity index (χ0n) is 65.7. The summed E-state index contributed by atoms with van der Waals surface area (Å²) in [6.07, 6.45) is -9.67. The van der Waals surface area contributed by atoms with Gasteiger partial charge in [-0.2, -0.15) is 37.0 Å². The lowest BCUT2D eigenvalue weighted by molar-refractivity contribution is -0.264. The van der Waals surface area contributed by atoms with Crippen LogP contribution in [0.4, 0.5) is 0 Å². The number of hydrogen-bond donors (Lipinski definition) is 8. The lowest BCUT2D eigenvalue weighted by Crippen LogP contribution is -2.49. The lowest BCUT2D eigenvalue weighted by atomic mass is 10.1. The van der Waals surface area contributed by atoms with E-state index >= 15 is 0 Å². The SMILES string of the molecule is CC(=O)O.O=S(=O)(O)O[C@@H]1COC(c2ccccc2)O[C@H]1C[S+]1C[C@H](OCc2ccccc2)[C@@H](OCc2ccccc2)[C@@H]1COCc1ccccc1.O=S(=O)(O)O[C@H](CO)[C@@H](O)C[S+]1C[C@H](O)[C@@H](O)[C@@H]1CO.O=S1(=O)OC[C@@H]2OC(c3ccccc3)OCC2O1.c1ccc(COC[C@@H]2SC[C@H](OCc3ccccc3)[C@H]2OCc2ccccc2)cc1. The second-order valence-corrected chi connectivity index (χ2v) is 37.7. The van der Waals surface area contributed by atoms with E-state index in [9.17, 15) is 45.1 Å². The van der Waals surface area contributed by atoms with E-state index in [1.165, 1.54) is 16.7 Å². The number of hydrogen-bond acceptors (Lipinski definition) is 27. The molecule has 0 bridgehead atoms. The molecule has 14 rings (SSSR count). The summed E-state index contributed by atoms with van der Waals surface area (Å²) in [4.78, 5) is 9.00. The molecule has 6 heterocycles. The quantitative estimate of drug-likeness (QED) is 0.0142. The fourth-order valence-electron chi connectivity index (χ4n) is 13.5. The van der Waals surface area contributed by atoms with Crippen molar-refractivity contribution < 1.29 is 134 Å². The number of thioether (sulfide) groups is 1. The Labute approximate surface area is 710 Å². The standard InChI is InChI=1S/C37H40O9S2.C26H28O3S.C11H12O6S.C9H18O9S2.C2H4O2/c38-48(39,40)46-32-24-44-37(31-19-11-4-12-20-31)45-33(32)26-47-27-34(42-22-29-15-7-2-8-16-29)36(43-23-30-17-9-3-10-18-30)35(47)25-41-21-28-13-5-1-6-14-28;1-4-10-21(11-5-1)16-27-19-25-26(29-18-23-14-8-3-9-15-23)24(20-30-25)28-17-22-12-6-2-7-13-22;12-18(13)15-7-9-10(17-18)6-14-11(16-9)8-4-2-1-3-5-8;10-1-7(18-20(15,16)17)5(12)3-19-4-6(13)9(14)8(19)2-11;1-2(3)4/h1-20,32-37H,21-27H2;1-15,24-26H,16-20H2;1-5,9-11H,6-7H2;5-14H,1-4H2;1H3,(H,3,4)/p+2/t32-,33+,34+,35+,36-,37?,47?;24-,25-,26+;9-,10?,11?;5-,6-,7+,8-,9+,19?;/m1000./s1. The minimum atomic E-state index is -4.82. The smallest absolute Gasteiger partial charge is 0.400 e. The first kappa shape index (κ1) is 95.5. The predicted octanol–water partition coefficient (Wildman–Crippen LogP) is 8.26. The highest BCUT2D eigenvalue weighted by atomic mass is 32.3. The average Bonchev–Trinajstić information content (AvgIpc) is 1.24. The first-order chi connectivity index (χ1) is 57.9. The summed E-state index contributed by atoms with van der Waals surface area (Å²) < 4.78 is 166. The number of carboxylic acids is 1. The Morgan fingerprint density at radius 1 is 0.517 bits per heavy atom. The molecule has 120 heavy (non-hydrogen) atoms. The van der Waals surface area contributed by atoms with Gasteiger partial charge in [0.2, 0.25) is 0 Å². The minimum Gasteiger partial charge on any atom is -0.481 e. The van der Waals surface area contributed by atoms with Crippen molar-refractivity contribution in [3.63, 3.8) is 0 Å². The maximum atomic E-state index is 11.9. The molecule has 0 amide bonds. The van der Waals surface area contributed by atoms with Crippen molar-refractivity contribution in [2.45, 2.75) is 148 Å². The molecule has 6 aliphatic rings. The van der Waals surface area contributed by atoms with E-state index in [1.54, 1.807) is 0 Å². The van der Waals surface area contributed by atoms with Gasteiger partial charge in [-0.3, -0.25) is 13.9 Å². The van der Waals surface area contributed by atoms with E-state index < -0.39 is 139 Å². The molecule has 0 saturated carbocycles. The maximum absolute atomic E-state index is 11.9. The monoisotopic (exact) mass is 1780 g/mol. The normalized spacial score (nSPS) is 26.8. The third-order valence-electron chi connectivity index (χ3n) is 19.4. The van der Waals surface area contributed by atoms with Crippen LogP contribution in [-0.2, 0) is 162 Å². The first-order valence-electron chi connectivity index (χ1n) is 38.6. The van der Waals surface area contributed by atoms with E-state index in [0.717, 1.165) is 40.5 Å². The highest BCUT2D eigenvalue weighted by Crippen LogP contribution is 2.38. The average molecular weight is 1780 g/mol. The Kier molecular flexibility index (Phi) is 39.1. The number of benzene rings is 8. The summed E-state index contributed by atoms with van der Waals surface area (Å²) in [6.45, 7) is 4.04. The Balaban J connectivity index is 0.000000179. The number of aliphatic hydroxyl groups is 5. The minimum absolute atomic E-state index is 0.00897. The van der Waals surface area contributed by atoms with Crippen LogP contribution in [0.3, 0.4) is 0 Å². The van der Waals surface area contributed by atoms with Gasteiger partial charge in [0.25, 0.3) is 5.97 Å². The molecule has 8 N–H and O–H groups in total. The third-order valence-corrected chi connectivity index (χ3v) is 28.2. The van der Waals surface area contributed by atoms with Gasteiger partial charge < -0.3 is 78.0 Å². The molecule has 0 aromatic heterocycles. The molecule has 0 radical (unpaired) electrons. The van der Waals surface area contributed by atoms with Crippen molar-refractivity contribution in [3.8, 4) is 0 Å². The summed E-state index contributed by atoms with van der Waals surface area (Å²) in [7, 11) is -14.7. The molecule has 0 aliphatic carbocycles. The van der Waals surface area contributed by atoms with Crippen LogP contribution >= 0.6 is 11.8 Å². The van der Waals surface area contributed by atoms with Crippen molar-refractivity contribution in [1.29, 1.82) is 0 Å². The number of aliphatic carboxylic acids is 1. The van der Waals surface area contributed by atoms with Crippen molar-refractivity contribution in [2.75, 3.05) is 75.0 Å². The van der Waals surface area contributed by atoms with E-state index in [0.29, 0.717) is 64.4 Å². The second-order valence-electron chi connectivity index (χ2n) is 28.3. The van der Waals surface area contributed by atoms with Gasteiger partial charge in [-0.1, -0.05) is 243 Å². The molecule has 8 aromatic rings. The zero-order valence-corrected chi connectivity index (χ0v) is 70.6. The summed E-state index contributed by atoms with van der Waals surface area (Å²) in [6, 6.07) is 79.9. The van der Waals surface area contributed by atoms with Gasteiger partial charge in [0, 0.05) is 45.6 Å². The zero-order chi connectivity index (χ0) is 85.3. The number of aliphatic hydroxyl groups excluding tert-OH is 5. The largest absolute Gasteiger partial charge is 0.481 e. The Morgan fingerprint density at radius 2 is 0.950 bits per heavy atom. The number of rotatable bonds is 33. The van der Waals surface area contributed by atoms with Crippen LogP contribution in [0.1, 0.15) is 64.0 Å². The molecule has 6 fully saturated rings. The van der Waals surface area contributed by atoms with Crippen LogP contribution in [0.15, 0.2) is 243 Å². The summed E-state index contributed by atoms with van der Waals surface area (Å²) >= 11 is 1.89. The number of carbonyl (C=O) groups is 1. The van der Waals surface area contributed by atoms with Gasteiger partial charge in [-0.05, 0) is 33.4 Å². The van der Waals surface area contributed by atoms with E-state index in [-0.39, 0.29) is 66.2 Å². The summed E-state index contributed by atoms with van der Waals surface area (Å²) in [5.41, 5.74) is 8.42. The molecule has 6 aliphatic heterocycles. The van der Waals surface area contributed by atoms with Gasteiger partial charge in [0.1, 0.15) is 84.1 Å². The topological polar surface area (TPSA) is 411 Å². The van der Waals surface area contributed by atoms with Gasteiger partial charge in [-0.25, -0.2) is 16.7 Å².